The summed E-state index contributed by atoms with van der Waals surface area (Å²) < 4.78 is 1.12. The molecular formula is C18H17ClN5O3-. The highest BCUT2D eigenvalue weighted by molar-refractivity contribution is 5.81. The van der Waals surface area contributed by atoms with Gasteiger partial charge in [-0.3, -0.25) is 14.9 Å². The zero-order valence-electron chi connectivity index (χ0n) is 14.3. The van der Waals surface area contributed by atoms with Crippen molar-refractivity contribution in [1.82, 2.24) is 15.1 Å². The van der Waals surface area contributed by atoms with Gasteiger partial charge in [0.25, 0.3) is 11.2 Å². The van der Waals surface area contributed by atoms with Crippen LogP contribution in [0.1, 0.15) is 0 Å². The van der Waals surface area contributed by atoms with Gasteiger partial charge >= 0.3 is 0 Å². The summed E-state index contributed by atoms with van der Waals surface area (Å²) >= 11 is 0. The molecule has 0 spiro atoms. The molecule has 0 radical (unpaired) electrons. The zero-order chi connectivity index (χ0) is 18.1. The molecule has 27 heavy (non-hydrogen) atoms. The Kier molecular flexibility index (Phi) is 5.38. The molecule has 140 valence electrons. The molecule has 3 aromatic rings. The van der Waals surface area contributed by atoms with Gasteiger partial charge in [0, 0.05) is 43.3 Å². The summed E-state index contributed by atoms with van der Waals surface area (Å²) in [6, 6.07) is 11.9. The first-order valence-corrected chi connectivity index (χ1v) is 8.37. The van der Waals surface area contributed by atoms with E-state index < -0.39 is 4.92 Å². The molecule has 0 saturated carbocycles. The molecule has 0 bridgehead atoms. The van der Waals surface area contributed by atoms with Crippen LogP contribution in [-0.4, -0.2) is 40.9 Å². The quantitative estimate of drug-likeness (QED) is 0.444. The topological polar surface area (TPSA) is 93.3 Å². The summed E-state index contributed by atoms with van der Waals surface area (Å²) in [5.41, 5.74) is 0.508. The molecule has 1 aromatic heterocycles. The van der Waals surface area contributed by atoms with E-state index in [9.17, 15) is 14.9 Å². The highest BCUT2D eigenvalue weighted by Gasteiger charge is 2.21. The van der Waals surface area contributed by atoms with Gasteiger partial charge in [-0.05, 0) is 18.2 Å². The Morgan fingerprint density at radius 3 is 2.59 bits per heavy atom. The first-order chi connectivity index (χ1) is 12.6. The van der Waals surface area contributed by atoms with E-state index in [1.807, 2.05) is 6.07 Å². The van der Waals surface area contributed by atoms with Crippen molar-refractivity contribution >= 4 is 22.1 Å². The number of anilines is 1. The van der Waals surface area contributed by atoms with Gasteiger partial charge in [0.2, 0.25) is 0 Å². The lowest BCUT2D eigenvalue weighted by Crippen LogP contribution is -3.00. The fraction of sp³-hybridized carbons (Fsp3) is 0.222. The second kappa shape index (κ2) is 7.73. The van der Waals surface area contributed by atoms with E-state index >= 15 is 0 Å². The Hall–Kier alpha value is -2.97. The van der Waals surface area contributed by atoms with Crippen molar-refractivity contribution in [2.24, 2.45) is 0 Å². The number of benzene rings is 2. The molecule has 8 nitrogen and oxygen atoms in total. The summed E-state index contributed by atoms with van der Waals surface area (Å²) in [4.78, 5) is 26.0. The smallest absolute Gasteiger partial charge is 0.295 e. The minimum atomic E-state index is -0.486. The minimum Gasteiger partial charge on any atom is -1.00 e. The maximum atomic E-state index is 12.8. The average Bonchev–Trinajstić information content (AvgIpc) is 2.69. The van der Waals surface area contributed by atoms with Crippen LogP contribution in [0, 0.1) is 10.1 Å². The van der Waals surface area contributed by atoms with E-state index in [0.29, 0.717) is 10.8 Å². The molecule has 0 unspecified atom stereocenters. The van der Waals surface area contributed by atoms with Gasteiger partial charge in [0.05, 0.1) is 16.5 Å². The van der Waals surface area contributed by atoms with Gasteiger partial charge in [0.15, 0.2) is 0 Å². The molecule has 4 rings (SSSR count). The summed E-state index contributed by atoms with van der Waals surface area (Å²) in [6.45, 7) is 3.30. The highest BCUT2D eigenvalue weighted by atomic mass is 35.5. The van der Waals surface area contributed by atoms with Gasteiger partial charge < -0.3 is 22.6 Å². The Morgan fingerprint density at radius 2 is 1.85 bits per heavy atom. The number of hydrogen-bond donors (Lipinski definition) is 1. The summed E-state index contributed by atoms with van der Waals surface area (Å²) in [6.07, 6.45) is 1.55. The van der Waals surface area contributed by atoms with Gasteiger partial charge in [-0.2, -0.15) is 9.78 Å². The fourth-order valence-corrected chi connectivity index (χ4v) is 3.22. The van der Waals surface area contributed by atoms with E-state index in [4.69, 9.17) is 0 Å². The number of fused-ring (bicyclic) bond motifs is 1. The molecule has 1 aliphatic rings. The Bertz CT molecular complexity index is 1050. The van der Waals surface area contributed by atoms with Gasteiger partial charge in [-0.1, -0.05) is 18.2 Å². The van der Waals surface area contributed by atoms with Crippen molar-refractivity contribution < 1.29 is 17.3 Å². The van der Waals surface area contributed by atoms with Gasteiger partial charge in [-0.15, -0.1) is 0 Å². The second-order valence-electron chi connectivity index (χ2n) is 6.12. The second-order valence-corrected chi connectivity index (χ2v) is 6.12. The number of nitrogens with one attached hydrogen (secondary N) is 1. The van der Waals surface area contributed by atoms with E-state index in [-0.39, 0.29) is 29.3 Å². The lowest BCUT2D eigenvalue weighted by atomic mass is 10.2. The van der Waals surface area contributed by atoms with Crippen LogP contribution < -0.4 is 28.2 Å². The van der Waals surface area contributed by atoms with Gasteiger partial charge in [0.1, 0.15) is 5.69 Å². The molecule has 2 heterocycles. The maximum Gasteiger partial charge on any atom is 0.295 e. The third-order valence-corrected chi connectivity index (χ3v) is 4.56. The van der Waals surface area contributed by atoms with Crippen molar-refractivity contribution in [3.8, 4) is 5.69 Å². The average molecular weight is 387 g/mol. The Balaban J connectivity index is 0.00000210. The molecule has 1 aliphatic heterocycles. The van der Waals surface area contributed by atoms with E-state index in [2.05, 4.69) is 15.3 Å². The van der Waals surface area contributed by atoms with E-state index in [0.717, 1.165) is 36.5 Å². The lowest BCUT2D eigenvalue weighted by Gasteiger charge is -2.29. The third kappa shape index (κ3) is 3.49. The standard InChI is InChI=1S/C18H17N5O3.ClH/c24-18-15-4-2-1-3-13(15)12-20-22(18)17-11-14(5-6-16(17)23(25)26)21-9-7-19-8-10-21;/h1-6,11-12,19H,7-10H2;1H/p-1. The number of aromatic nitrogens is 2. The molecule has 1 saturated heterocycles. The summed E-state index contributed by atoms with van der Waals surface area (Å²) in [5, 5.41) is 20.1. The lowest BCUT2D eigenvalue weighted by molar-refractivity contribution is -0.384. The monoisotopic (exact) mass is 386 g/mol. The molecular weight excluding hydrogens is 370 g/mol. The normalized spacial score (nSPS) is 14.0. The van der Waals surface area contributed by atoms with E-state index in [1.54, 1.807) is 36.5 Å². The number of nitrogens with zero attached hydrogens (tertiary/aromatic N) is 4. The number of halogens is 1. The summed E-state index contributed by atoms with van der Waals surface area (Å²) in [5.74, 6) is 0. The molecule has 0 aliphatic carbocycles. The number of hydrogen-bond acceptors (Lipinski definition) is 6. The largest absolute Gasteiger partial charge is 1.00 e. The molecule has 1 fully saturated rings. The zero-order valence-corrected chi connectivity index (χ0v) is 15.1. The number of rotatable bonds is 3. The van der Waals surface area contributed by atoms with Crippen LogP contribution in [0.3, 0.4) is 0 Å². The molecule has 0 atom stereocenters. The first kappa shape index (κ1) is 18.8. The maximum absolute atomic E-state index is 12.8. The minimum absolute atomic E-state index is 0. The van der Waals surface area contributed by atoms with Crippen LogP contribution in [0.5, 0.6) is 0 Å². The van der Waals surface area contributed by atoms with Crippen LogP contribution in [0.4, 0.5) is 11.4 Å². The SMILES string of the molecule is O=c1c2ccccc2cnn1-c1cc(N2CCNCC2)ccc1[N+](=O)[O-].[Cl-]. The number of piperazine rings is 1. The number of nitro benzene ring substituents is 1. The molecule has 2 aromatic carbocycles. The van der Waals surface area contributed by atoms with Gasteiger partial charge in [-0.25, -0.2) is 0 Å². The van der Waals surface area contributed by atoms with Crippen molar-refractivity contribution in [2.45, 2.75) is 0 Å². The Labute approximate surface area is 161 Å². The van der Waals surface area contributed by atoms with Crippen LogP contribution in [-0.2, 0) is 0 Å². The predicted octanol–water partition coefficient (Wildman–Crippen LogP) is -1.29. The van der Waals surface area contributed by atoms with Crippen LogP contribution in [0.15, 0.2) is 53.5 Å². The van der Waals surface area contributed by atoms with E-state index in [1.165, 1.54) is 6.07 Å². The predicted molar refractivity (Wildman–Crippen MR) is 99.1 cm³/mol. The third-order valence-electron chi connectivity index (χ3n) is 4.56. The van der Waals surface area contributed by atoms with Crippen molar-refractivity contribution in [3.05, 3.63) is 69.1 Å². The van der Waals surface area contributed by atoms with Crippen LogP contribution in [0.25, 0.3) is 16.5 Å². The Morgan fingerprint density at radius 1 is 1.11 bits per heavy atom. The van der Waals surface area contributed by atoms with Crippen molar-refractivity contribution in [1.29, 1.82) is 0 Å². The summed E-state index contributed by atoms with van der Waals surface area (Å²) in [7, 11) is 0. The molecule has 0 amide bonds. The molecule has 9 heteroatoms. The van der Waals surface area contributed by atoms with Crippen molar-refractivity contribution in [2.75, 3.05) is 31.1 Å². The fourth-order valence-electron chi connectivity index (χ4n) is 3.22. The first-order valence-electron chi connectivity index (χ1n) is 8.37. The van der Waals surface area contributed by atoms with Crippen LogP contribution >= 0.6 is 0 Å². The van der Waals surface area contributed by atoms with Crippen LogP contribution in [0.2, 0.25) is 0 Å². The van der Waals surface area contributed by atoms with Crippen molar-refractivity contribution in [3.63, 3.8) is 0 Å². The number of nitro groups is 1. The molecule has 1 N–H and O–H groups in total. The highest BCUT2D eigenvalue weighted by Crippen LogP contribution is 2.27.